The molecular weight excluding hydrogens is 376 g/mol. The van der Waals surface area contributed by atoms with Crippen molar-refractivity contribution in [2.75, 3.05) is 25.6 Å². The van der Waals surface area contributed by atoms with Crippen LogP contribution in [0.3, 0.4) is 0 Å². The number of ether oxygens (including phenoxy) is 2. The number of rotatable bonds is 5. The third-order valence-electron chi connectivity index (χ3n) is 6.35. The lowest BCUT2D eigenvalue weighted by molar-refractivity contribution is -0.137. The number of carbonyl (C=O) groups excluding carboxylic acids is 2. The monoisotopic (exact) mass is 404 g/mol. The average molecular weight is 405 g/mol. The van der Waals surface area contributed by atoms with Gasteiger partial charge in [0.25, 0.3) is 5.24 Å². The van der Waals surface area contributed by atoms with Crippen molar-refractivity contribution >= 4 is 22.9 Å². The molecule has 1 saturated heterocycles. The van der Waals surface area contributed by atoms with Crippen LogP contribution >= 0.6 is 11.8 Å². The number of nitrogens with zero attached hydrogens (tertiary/aromatic N) is 2. The van der Waals surface area contributed by atoms with Crippen LogP contribution in [0.5, 0.6) is 11.5 Å². The highest BCUT2D eigenvalue weighted by molar-refractivity contribution is 8.13. The van der Waals surface area contributed by atoms with Crippen LogP contribution in [0.15, 0.2) is 18.2 Å². The van der Waals surface area contributed by atoms with Gasteiger partial charge < -0.3 is 19.3 Å². The molecule has 7 heteroatoms. The maximum absolute atomic E-state index is 13.3. The number of benzene rings is 1. The molecule has 152 valence electrons. The van der Waals surface area contributed by atoms with Gasteiger partial charge in [-0.1, -0.05) is 44.5 Å². The van der Waals surface area contributed by atoms with E-state index in [0.29, 0.717) is 24.9 Å². The normalized spacial score (nSPS) is 26.6. The van der Waals surface area contributed by atoms with Crippen molar-refractivity contribution in [1.29, 1.82) is 0 Å². The lowest BCUT2D eigenvalue weighted by atomic mass is 9.77. The zero-order chi connectivity index (χ0) is 19.7. The molecule has 2 aliphatic heterocycles. The molecule has 3 atom stereocenters. The number of fused-ring (bicyclic) bond motifs is 1. The third-order valence-corrected chi connectivity index (χ3v) is 7.24. The number of hydrogen-bond donors (Lipinski definition) is 0. The van der Waals surface area contributed by atoms with E-state index in [9.17, 15) is 9.59 Å². The van der Waals surface area contributed by atoms with E-state index in [4.69, 9.17) is 9.47 Å². The van der Waals surface area contributed by atoms with Crippen LogP contribution in [0.25, 0.3) is 0 Å². The highest BCUT2D eigenvalue weighted by Crippen LogP contribution is 2.36. The standard InChI is InChI=1S/C21H28N2O4S/c1-14-4-3-5-17(15(14)2)23(20(24)12-22-8-9-28-21(22)25)11-16-6-7-18-19(10-16)27-13-26-18/h6-7,10,14-15,17H,3-5,8-9,11-13H2,1-2H3/t14-,15-,17-/m1/s1. The predicted octanol–water partition coefficient (Wildman–Crippen LogP) is 3.74. The van der Waals surface area contributed by atoms with Crippen LogP contribution in [0.1, 0.15) is 38.7 Å². The molecule has 3 aliphatic rings. The Balaban J connectivity index is 1.55. The highest BCUT2D eigenvalue weighted by Gasteiger charge is 2.35. The van der Waals surface area contributed by atoms with Crippen molar-refractivity contribution in [2.45, 2.75) is 45.7 Å². The minimum Gasteiger partial charge on any atom is -0.454 e. The smallest absolute Gasteiger partial charge is 0.282 e. The summed E-state index contributed by atoms with van der Waals surface area (Å²) in [5, 5.41) is 0.0152. The molecular formula is C21H28N2O4S. The largest absolute Gasteiger partial charge is 0.454 e. The van der Waals surface area contributed by atoms with E-state index >= 15 is 0 Å². The minimum absolute atomic E-state index is 0.0152. The second kappa shape index (κ2) is 8.23. The molecule has 1 aromatic rings. The molecule has 2 fully saturated rings. The Hall–Kier alpha value is -1.89. The van der Waals surface area contributed by atoms with Gasteiger partial charge in [-0.15, -0.1) is 0 Å². The molecule has 2 heterocycles. The van der Waals surface area contributed by atoms with Crippen LogP contribution in [0.4, 0.5) is 4.79 Å². The molecule has 0 spiro atoms. The quantitative estimate of drug-likeness (QED) is 0.748. The van der Waals surface area contributed by atoms with Crippen LogP contribution in [0, 0.1) is 11.8 Å². The van der Waals surface area contributed by atoms with Crippen molar-refractivity contribution in [3.63, 3.8) is 0 Å². The maximum atomic E-state index is 13.3. The zero-order valence-corrected chi connectivity index (χ0v) is 17.4. The van der Waals surface area contributed by atoms with E-state index in [1.54, 1.807) is 4.90 Å². The number of hydrogen-bond acceptors (Lipinski definition) is 5. The Bertz CT molecular complexity index is 756. The minimum atomic E-state index is 0.0152. The average Bonchev–Trinajstić information content (AvgIpc) is 3.31. The fraction of sp³-hybridized carbons (Fsp3) is 0.619. The first-order valence-corrected chi connectivity index (χ1v) is 11.1. The van der Waals surface area contributed by atoms with Gasteiger partial charge in [0.05, 0.1) is 0 Å². The molecule has 4 rings (SSSR count). The summed E-state index contributed by atoms with van der Waals surface area (Å²) in [5.74, 6) is 3.33. The fourth-order valence-electron chi connectivity index (χ4n) is 4.44. The van der Waals surface area contributed by atoms with Crippen LogP contribution in [-0.2, 0) is 11.3 Å². The Kier molecular flexibility index (Phi) is 5.71. The lowest BCUT2D eigenvalue weighted by Crippen LogP contribution is -2.50. The summed E-state index contributed by atoms with van der Waals surface area (Å²) in [6.45, 7) is 6.14. The first kappa shape index (κ1) is 19.4. The Labute approximate surface area is 170 Å². The van der Waals surface area contributed by atoms with Crippen LogP contribution in [0.2, 0.25) is 0 Å². The molecule has 1 aliphatic carbocycles. The summed E-state index contributed by atoms with van der Waals surface area (Å²) in [4.78, 5) is 29.0. The van der Waals surface area contributed by atoms with Gasteiger partial charge in [-0.05, 0) is 36.0 Å². The van der Waals surface area contributed by atoms with Gasteiger partial charge in [0.1, 0.15) is 6.54 Å². The maximum Gasteiger partial charge on any atom is 0.282 e. The van der Waals surface area contributed by atoms with E-state index in [1.165, 1.54) is 18.2 Å². The van der Waals surface area contributed by atoms with Gasteiger partial charge in [0.15, 0.2) is 11.5 Å². The summed E-state index contributed by atoms with van der Waals surface area (Å²) in [6.07, 6.45) is 3.37. The molecule has 0 unspecified atom stereocenters. The first-order valence-electron chi connectivity index (χ1n) is 10.1. The summed E-state index contributed by atoms with van der Waals surface area (Å²) in [6, 6.07) is 6.08. The summed E-state index contributed by atoms with van der Waals surface area (Å²) >= 11 is 1.30. The van der Waals surface area contributed by atoms with Crippen molar-refractivity contribution in [3.8, 4) is 11.5 Å². The summed E-state index contributed by atoms with van der Waals surface area (Å²) < 4.78 is 10.9. The predicted molar refractivity (Wildman–Crippen MR) is 109 cm³/mol. The van der Waals surface area contributed by atoms with Crippen LogP contribution < -0.4 is 9.47 Å². The number of amides is 2. The molecule has 28 heavy (non-hydrogen) atoms. The molecule has 0 bridgehead atoms. The van der Waals surface area contributed by atoms with E-state index < -0.39 is 0 Å². The molecule has 0 N–H and O–H groups in total. The molecule has 2 amide bonds. The highest BCUT2D eigenvalue weighted by atomic mass is 32.2. The molecule has 1 aromatic carbocycles. The van der Waals surface area contributed by atoms with Crippen molar-refractivity contribution in [1.82, 2.24) is 9.80 Å². The fourth-order valence-corrected chi connectivity index (χ4v) is 5.27. The van der Waals surface area contributed by atoms with Gasteiger partial charge in [-0.2, -0.15) is 0 Å². The second-order valence-corrected chi connectivity index (χ2v) is 9.13. The van der Waals surface area contributed by atoms with E-state index in [-0.39, 0.29) is 30.5 Å². The van der Waals surface area contributed by atoms with Gasteiger partial charge >= 0.3 is 0 Å². The van der Waals surface area contributed by atoms with E-state index in [2.05, 4.69) is 13.8 Å². The van der Waals surface area contributed by atoms with E-state index in [0.717, 1.165) is 35.7 Å². The second-order valence-electron chi connectivity index (χ2n) is 8.08. The number of carbonyl (C=O) groups is 2. The van der Waals surface area contributed by atoms with Gasteiger partial charge in [0, 0.05) is 24.9 Å². The van der Waals surface area contributed by atoms with E-state index in [1.807, 2.05) is 23.1 Å². The summed E-state index contributed by atoms with van der Waals surface area (Å²) in [7, 11) is 0. The summed E-state index contributed by atoms with van der Waals surface area (Å²) in [5.41, 5.74) is 1.03. The molecule has 0 radical (unpaired) electrons. The van der Waals surface area contributed by atoms with Crippen LogP contribution in [-0.4, -0.2) is 52.6 Å². The lowest BCUT2D eigenvalue weighted by Gasteiger charge is -2.42. The van der Waals surface area contributed by atoms with Crippen molar-refractivity contribution in [2.24, 2.45) is 11.8 Å². The molecule has 0 aromatic heterocycles. The SMILES string of the molecule is C[C@@H]1[C@H](C)CCC[C@H]1N(Cc1ccc2c(c1)OCO2)C(=O)CN1CCSC1=O. The first-order chi connectivity index (χ1) is 13.5. The molecule has 6 nitrogen and oxygen atoms in total. The van der Waals surface area contributed by atoms with Crippen molar-refractivity contribution in [3.05, 3.63) is 23.8 Å². The van der Waals surface area contributed by atoms with Gasteiger partial charge in [-0.3, -0.25) is 9.59 Å². The topological polar surface area (TPSA) is 59.1 Å². The molecule has 1 saturated carbocycles. The number of thioether (sulfide) groups is 1. The van der Waals surface area contributed by atoms with Crippen molar-refractivity contribution < 1.29 is 19.1 Å². The third kappa shape index (κ3) is 3.95. The Morgan fingerprint density at radius 2 is 2.07 bits per heavy atom. The van der Waals surface area contributed by atoms with Gasteiger partial charge in [-0.25, -0.2) is 0 Å². The van der Waals surface area contributed by atoms with Gasteiger partial charge in [0.2, 0.25) is 12.7 Å². The zero-order valence-electron chi connectivity index (χ0n) is 16.6. The Morgan fingerprint density at radius 1 is 1.25 bits per heavy atom. The Morgan fingerprint density at radius 3 is 2.86 bits per heavy atom.